The highest BCUT2D eigenvalue weighted by Crippen LogP contribution is 2.14. The van der Waals surface area contributed by atoms with Gasteiger partial charge in [0.05, 0.1) is 185 Å². The van der Waals surface area contributed by atoms with Gasteiger partial charge in [0.15, 0.2) is 12.6 Å². The Kier molecular flexibility index (Phi) is 39.4. The van der Waals surface area contributed by atoms with Crippen LogP contribution in [0.3, 0.4) is 0 Å². The van der Waals surface area contributed by atoms with Crippen molar-refractivity contribution in [2.75, 3.05) is 198 Å². The summed E-state index contributed by atoms with van der Waals surface area (Å²) in [6, 6.07) is 0. The highest BCUT2D eigenvalue weighted by molar-refractivity contribution is 4.54. The second-order valence-electron chi connectivity index (χ2n) is 12.3. The van der Waals surface area contributed by atoms with Crippen LogP contribution in [0.15, 0.2) is 0 Å². The molecule has 55 heavy (non-hydrogen) atoms. The maximum Gasteiger partial charge on any atom is 0.157 e. The van der Waals surface area contributed by atoms with E-state index in [0.29, 0.717) is 185 Å². The first-order chi connectivity index (χ1) is 27.4. The van der Waals surface area contributed by atoms with Crippen molar-refractivity contribution in [3.05, 3.63) is 0 Å². The smallest absolute Gasteiger partial charge is 0.157 e. The van der Waals surface area contributed by atoms with Crippen molar-refractivity contribution in [2.24, 2.45) is 0 Å². The molecule has 0 aromatic rings. The van der Waals surface area contributed by atoms with Crippen LogP contribution in [0.4, 0.5) is 0 Å². The monoisotopic (exact) mass is 802 g/mol. The number of hydrogen-bond donors (Lipinski definition) is 0. The third-order valence-corrected chi connectivity index (χ3v) is 7.80. The minimum Gasteiger partial charge on any atom is -0.377 e. The van der Waals surface area contributed by atoms with Crippen molar-refractivity contribution >= 4 is 0 Å². The molecule has 0 aromatic carbocycles. The Morgan fingerprint density at radius 3 is 0.582 bits per heavy atom. The molecule has 2 atom stereocenters. The van der Waals surface area contributed by atoms with Crippen LogP contribution in [0.1, 0.15) is 38.5 Å². The molecule has 2 fully saturated rings. The summed E-state index contributed by atoms with van der Waals surface area (Å²) in [5.41, 5.74) is 0. The maximum atomic E-state index is 5.61. The first-order valence-electron chi connectivity index (χ1n) is 20.4. The minimum absolute atomic E-state index is 0.0687. The molecule has 2 aliphatic heterocycles. The second kappa shape index (κ2) is 42.9. The molecule has 0 aliphatic carbocycles. The summed E-state index contributed by atoms with van der Waals surface area (Å²) in [5.74, 6) is 0. The van der Waals surface area contributed by atoms with Crippen LogP contribution < -0.4 is 0 Å². The van der Waals surface area contributed by atoms with Crippen molar-refractivity contribution in [3.8, 4) is 0 Å². The summed E-state index contributed by atoms with van der Waals surface area (Å²) in [4.78, 5) is 0. The van der Waals surface area contributed by atoms with Crippen molar-refractivity contribution in [2.45, 2.75) is 51.1 Å². The molecule has 328 valence electrons. The Balaban J connectivity index is 1.10. The molecule has 0 amide bonds. The van der Waals surface area contributed by atoms with Crippen LogP contribution in [-0.4, -0.2) is 211 Å². The van der Waals surface area contributed by atoms with Gasteiger partial charge in [0, 0.05) is 13.2 Å². The van der Waals surface area contributed by atoms with Gasteiger partial charge in [-0.05, 0) is 38.5 Å². The summed E-state index contributed by atoms with van der Waals surface area (Å²) in [7, 11) is 0. The topological polar surface area (TPSA) is 157 Å². The average molecular weight is 803 g/mol. The predicted molar refractivity (Wildman–Crippen MR) is 200 cm³/mol. The molecule has 0 saturated carbocycles. The Morgan fingerprint density at radius 1 is 0.236 bits per heavy atom. The molecule has 0 spiro atoms. The zero-order chi connectivity index (χ0) is 38.6. The van der Waals surface area contributed by atoms with Crippen molar-refractivity contribution in [1.82, 2.24) is 0 Å². The van der Waals surface area contributed by atoms with Crippen LogP contribution in [0.25, 0.3) is 0 Å². The van der Waals surface area contributed by atoms with Crippen molar-refractivity contribution in [3.63, 3.8) is 0 Å². The lowest BCUT2D eigenvalue weighted by Gasteiger charge is -2.22. The van der Waals surface area contributed by atoms with Gasteiger partial charge >= 0.3 is 0 Å². The SMILES string of the molecule is C1CC[C@H](OCCOCCOCCOCCOCCOCCOCCOCCOCCOCCOCCOCCOCCOCCO[C@H]2CCCCO2)OC1. The molecule has 2 rings (SSSR count). The lowest BCUT2D eigenvalue weighted by atomic mass is 10.2. The Labute approximate surface area is 329 Å². The summed E-state index contributed by atoms with van der Waals surface area (Å²) >= 11 is 0. The lowest BCUT2D eigenvalue weighted by Crippen LogP contribution is -2.24. The van der Waals surface area contributed by atoms with E-state index in [1.54, 1.807) is 0 Å². The van der Waals surface area contributed by atoms with Gasteiger partial charge in [-0.2, -0.15) is 0 Å². The van der Waals surface area contributed by atoms with E-state index in [-0.39, 0.29) is 12.6 Å². The van der Waals surface area contributed by atoms with E-state index >= 15 is 0 Å². The van der Waals surface area contributed by atoms with E-state index in [2.05, 4.69) is 0 Å². The fourth-order valence-corrected chi connectivity index (χ4v) is 4.90. The van der Waals surface area contributed by atoms with E-state index in [4.69, 9.17) is 80.5 Å². The van der Waals surface area contributed by atoms with Gasteiger partial charge in [-0.25, -0.2) is 0 Å². The minimum atomic E-state index is -0.0687. The zero-order valence-electron chi connectivity index (χ0n) is 33.6. The molecule has 2 aliphatic rings. The summed E-state index contributed by atoms with van der Waals surface area (Å²) in [6.45, 7) is 16.1. The Morgan fingerprint density at radius 2 is 0.418 bits per heavy atom. The molecular weight excluding hydrogens is 728 g/mol. The number of rotatable bonds is 44. The van der Waals surface area contributed by atoms with E-state index in [1.165, 1.54) is 0 Å². The highest BCUT2D eigenvalue weighted by Gasteiger charge is 2.14. The third-order valence-electron chi connectivity index (χ3n) is 7.80. The first kappa shape index (κ1) is 50.5. The van der Waals surface area contributed by atoms with Crippen LogP contribution >= 0.6 is 0 Å². The Bertz CT molecular complexity index is 673. The predicted octanol–water partition coefficient (Wildman–Crippen LogP) is 2.29. The molecule has 0 unspecified atom stereocenters. The molecule has 0 bridgehead atoms. The molecule has 17 heteroatoms. The normalized spacial score (nSPS) is 17.7. The van der Waals surface area contributed by atoms with Crippen LogP contribution in [0, 0.1) is 0 Å². The van der Waals surface area contributed by atoms with Gasteiger partial charge in [-0.1, -0.05) is 0 Å². The second-order valence-corrected chi connectivity index (χ2v) is 12.3. The largest absolute Gasteiger partial charge is 0.377 e. The van der Waals surface area contributed by atoms with Gasteiger partial charge < -0.3 is 80.5 Å². The lowest BCUT2D eigenvalue weighted by molar-refractivity contribution is -0.169. The highest BCUT2D eigenvalue weighted by atomic mass is 16.7. The molecule has 2 saturated heterocycles. The standard InChI is InChI=1S/C38H74O17/c1-3-7-52-37(5-1)54-35-33-50-31-29-48-27-25-46-23-21-44-19-17-42-15-13-40-11-9-39-10-12-41-14-16-43-18-20-45-22-24-47-26-28-49-30-32-51-34-36-55-38-6-2-4-8-53-38/h37-38H,1-36H2/t37-,38-/m0/s1. The van der Waals surface area contributed by atoms with Crippen LogP contribution in [0.2, 0.25) is 0 Å². The molecular formula is C38H74O17. The molecule has 0 aromatic heterocycles. The third kappa shape index (κ3) is 37.3. The summed E-state index contributed by atoms with van der Waals surface area (Å²) in [6.07, 6.45) is 6.36. The van der Waals surface area contributed by atoms with E-state index < -0.39 is 0 Å². The van der Waals surface area contributed by atoms with Crippen LogP contribution in [0.5, 0.6) is 0 Å². The number of hydrogen-bond acceptors (Lipinski definition) is 17. The zero-order valence-corrected chi connectivity index (χ0v) is 33.6. The fraction of sp³-hybridized carbons (Fsp3) is 1.00. The maximum absolute atomic E-state index is 5.61. The van der Waals surface area contributed by atoms with Crippen LogP contribution in [-0.2, 0) is 80.5 Å². The van der Waals surface area contributed by atoms with E-state index in [1.807, 2.05) is 0 Å². The molecule has 0 N–H and O–H groups in total. The van der Waals surface area contributed by atoms with E-state index in [9.17, 15) is 0 Å². The van der Waals surface area contributed by atoms with Gasteiger partial charge in [0.1, 0.15) is 0 Å². The van der Waals surface area contributed by atoms with Crippen molar-refractivity contribution < 1.29 is 80.5 Å². The van der Waals surface area contributed by atoms with Crippen molar-refractivity contribution in [1.29, 1.82) is 0 Å². The average Bonchev–Trinajstić information content (AvgIpc) is 3.22. The fourth-order valence-electron chi connectivity index (χ4n) is 4.90. The quantitative estimate of drug-likeness (QED) is 0.0827. The first-order valence-corrected chi connectivity index (χ1v) is 20.4. The molecule has 2 heterocycles. The van der Waals surface area contributed by atoms with Gasteiger partial charge in [0.25, 0.3) is 0 Å². The summed E-state index contributed by atoms with van der Waals surface area (Å²) in [5, 5.41) is 0. The Hall–Kier alpha value is -0.680. The van der Waals surface area contributed by atoms with E-state index in [0.717, 1.165) is 51.7 Å². The molecule has 17 nitrogen and oxygen atoms in total. The summed E-state index contributed by atoms with van der Waals surface area (Å²) < 4.78 is 93.7. The number of ether oxygens (including phenoxy) is 17. The van der Waals surface area contributed by atoms with Gasteiger partial charge in [0.2, 0.25) is 0 Å². The van der Waals surface area contributed by atoms with Gasteiger partial charge in [-0.15, -0.1) is 0 Å². The molecule has 0 radical (unpaired) electrons. The van der Waals surface area contributed by atoms with Gasteiger partial charge in [-0.3, -0.25) is 0 Å².